The van der Waals surface area contributed by atoms with E-state index in [1.54, 1.807) is 11.1 Å². The van der Waals surface area contributed by atoms with Crippen LogP contribution in [0.5, 0.6) is 0 Å². The monoisotopic (exact) mass is 297 g/mol. The van der Waals surface area contributed by atoms with Gasteiger partial charge in [-0.25, -0.2) is 0 Å². The first-order valence-electron chi connectivity index (χ1n) is 8.42. The Morgan fingerprint density at radius 3 is 2.23 bits per heavy atom. The minimum Gasteiger partial charge on any atom is -0.393 e. The van der Waals surface area contributed by atoms with Gasteiger partial charge in [0.05, 0.1) is 11.6 Å². The van der Waals surface area contributed by atoms with Gasteiger partial charge in [-0.15, -0.1) is 6.42 Å². The number of likely N-dealkylation sites (tertiary alicyclic amines) is 1. The predicted molar refractivity (Wildman–Crippen MR) is 90.8 cm³/mol. The highest BCUT2D eigenvalue weighted by atomic mass is 16.3. The first-order valence-corrected chi connectivity index (χ1v) is 8.42. The molecule has 2 aliphatic carbocycles. The Kier molecular flexibility index (Phi) is 4.05. The van der Waals surface area contributed by atoms with Gasteiger partial charge >= 0.3 is 0 Å². The molecular formula is C20H27NO. The van der Waals surface area contributed by atoms with Gasteiger partial charge < -0.3 is 5.11 Å². The molecule has 118 valence electrons. The highest BCUT2D eigenvalue weighted by Crippen LogP contribution is 2.59. The summed E-state index contributed by atoms with van der Waals surface area (Å²) in [7, 11) is 2.02. The van der Waals surface area contributed by atoms with Gasteiger partial charge in [0.1, 0.15) is 0 Å². The number of hydrogen-bond donors (Lipinski definition) is 1. The van der Waals surface area contributed by atoms with E-state index in [9.17, 15) is 5.11 Å². The molecule has 1 saturated carbocycles. The number of benzene rings is 1. The van der Waals surface area contributed by atoms with Crippen LogP contribution in [-0.4, -0.2) is 35.2 Å². The number of terminal acetylenes is 1. The molecule has 1 N–H and O–H groups in total. The summed E-state index contributed by atoms with van der Waals surface area (Å²) < 4.78 is 0. The van der Waals surface area contributed by atoms with E-state index in [2.05, 4.69) is 42.0 Å². The molecule has 0 spiro atoms. The van der Waals surface area contributed by atoms with Crippen molar-refractivity contribution in [1.29, 1.82) is 0 Å². The third-order valence-corrected chi connectivity index (χ3v) is 6.05. The minimum atomic E-state index is -0.258. The smallest absolute Gasteiger partial charge is 0.0817 e. The van der Waals surface area contributed by atoms with E-state index in [1.165, 1.54) is 12.8 Å². The molecule has 5 atom stereocenters. The molecule has 22 heavy (non-hydrogen) atoms. The number of aliphatic hydroxyl groups is 1. The van der Waals surface area contributed by atoms with Crippen molar-refractivity contribution in [2.24, 2.45) is 5.92 Å². The second-order valence-corrected chi connectivity index (χ2v) is 7.47. The van der Waals surface area contributed by atoms with Crippen molar-refractivity contribution in [3.63, 3.8) is 0 Å². The second-order valence-electron chi connectivity index (χ2n) is 7.47. The maximum atomic E-state index is 9.64. The summed E-state index contributed by atoms with van der Waals surface area (Å²) in [6.45, 7) is 4.93. The minimum absolute atomic E-state index is 0.248. The average molecular weight is 297 g/mol. The first-order chi connectivity index (χ1) is 10.5. The zero-order valence-electron chi connectivity index (χ0n) is 13.9. The summed E-state index contributed by atoms with van der Waals surface area (Å²) in [6.07, 6.45) is 8.76. The van der Waals surface area contributed by atoms with Gasteiger partial charge in [-0.05, 0) is 55.7 Å². The van der Waals surface area contributed by atoms with Crippen molar-refractivity contribution >= 4 is 0 Å². The highest BCUT2D eigenvalue weighted by molar-refractivity contribution is 5.47. The fourth-order valence-electron chi connectivity index (χ4n) is 4.02. The molecule has 0 amide bonds. The predicted octanol–water partition coefficient (Wildman–Crippen LogP) is 3.37. The summed E-state index contributed by atoms with van der Waals surface area (Å²) in [5.74, 6) is 5.01. The van der Waals surface area contributed by atoms with E-state index in [-0.39, 0.29) is 11.6 Å². The molecule has 2 fully saturated rings. The van der Waals surface area contributed by atoms with Crippen molar-refractivity contribution in [2.75, 3.05) is 13.6 Å². The molecule has 0 radical (unpaired) electrons. The van der Waals surface area contributed by atoms with Crippen molar-refractivity contribution in [3.8, 4) is 12.3 Å². The molecule has 3 aliphatic rings. The van der Waals surface area contributed by atoms with E-state index < -0.39 is 0 Å². The van der Waals surface area contributed by atoms with E-state index in [0.717, 1.165) is 18.4 Å². The Hall–Kier alpha value is -1.30. The average Bonchev–Trinajstić information content (AvgIpc) is 2.47. The third kappa shape index (κ3) is 2.47. The Morgan fingerprint density at radius 1 is 1.23 bits per heavy atom. The summed E-state index contributed by atoms with van der Waals surface area (Å²) in [5, 5.41) is 9.64. The van der Waals surface area contributed by atoms with E-state index in [4.69, 9.17) is 6.42 Å². The molecular weight excluding hydrogens is 270 g/mol. The molecule has 0 aromatic heterocycles. The SMILES string of the molecule is C#C[C@@]1(C)C[C@H](O)[C@@H](C)CN1C.c1ccc2c(c1)C1CCC21. The first kappa shape index (κ1) is 15.6. The molecule has 1 saturated heterocycles. The van der Waals surface area contributed by atoms with Crippen LogP contribution < -0.4 is 0 Å². The largest absolute Gasteiger partial charge is 0.393 e. The highest BCUT2D eigenvalue weighted by Gasteiger charge is 2.43. The maximum Gasteiger partial charge on any atom is 0.0817 e. The van der Waals surface area contributed by atoms with Gasteiger partial charge in [0, 0.05) is 13.0 Å². The number of nitrogens with zero attached hydrogens (tertiary/aromatic N) is 1. The molecule has 2 heteroatoms. The summed E-state index contributed by atoms with van der Waals surface area (Å²) in [6, 6.07) is 8.89. The number of piperidine rings is 1. The Balaban J connectivity index is 0.000000132. The van der Waals surface area contributed by atoms with Crippen molar-refractivity contribution < 1.29 is 5.11 Å². The number of aliphatic hydroxyl groups excluding tert-OH is 1. The van der Waals surface area contributed by atoms with Gasteiger partial charge in [-0.1, -0.05) is 37.1 Å². The molecule has 1 heterocycles. The maximum absolute atomic E-state index is 9.64. The number of rotatable bonds is 0. The van der Waals surface area contributed by atoms with Gasteiger partial charge in [-0.3, -0.25) is 4.90 Å². The molecule has 2 unspecified atom stereocenters. The zero-order valence-corrected chi connectivity index (χ0v) is 13.9. The van der Waals surface area contributed by atoms with Crippen LogP contribution in [0.1, 0.15) is 56.1 Å². The fraction of sp³-hybridized carbons (Fsp3) is 0.600. The fourth-order valence-corrected chi connectivity index (χ4v) is 4.02. The third-order valence-electron chi connectivity index (χ3n) is 6.05. The second kappa shape index (κ2) is 5.72. The van der Waals surface area contributed by atoms with E-state index in [1.807, 2.05) is 14.0 Å². The van der Waals surface area contributed by atoms with Crippen LogP contribution in [-0.2, 0) is 0 Å². The molecule has 0 bridgehead atoms. The van der Waals surface area contributed by atoms with Gasteiger partial charge in [0.15, 0.2) is 0 Å². The van der Waals surface area contributed by atoms with Crippen molar-refractivity contribution in [2.45, 2.75) is 56.6 Å². The van der Waals surface area contributed by atoms with Crippen LogP contribution in [0.3, 0.4) is 0 Å². The van der Waals surface area contributed by atoms with Crippen molar-refractivity contribution in [1.82, 2.24) is 4.90 Å². The lowest BCUT2D eigenvalue weighted by Gasteiger charge is -2.48. The van der Waals surface area contributed by atoms with Gasteiger partial charge in [0.25, 0.3) is 0 Å². The Labute approximate surface area is 134 Å². The Bertz CT molecular complexity index is 561. The van der Waals surface area contributed by atoms with E-state index in [0.29, 0.717) is 12.3 Å². The van der Waals surface area contributed by atoms with Crippen LogP contribution in [0.25, 0.3) is 0 Å². The normalized spacial score (nSPS) is 39.0. The molecule has 1 aromatic carbocycles. The molecule has 4 rings (SSSR count). The van der Waals surface area contributed by atoms with Crippen molar-refractivity contribution in [3.05, 3.63) is 35.4 Å². The standard InChI is InChI=1S/C10H17NO.C10H10/c1-5-10(3)6-9(12)8(2)7-11(10)4;1-2-4-8-7(3-1)9-5-6-10(8)9/h1,8-9,12H,6-7H2,2-4H3;1-4,9-10H,5-6H2/t8-,9-,10-;/m0./s1. The van der Waals surface area contributed by atoms with Crippen LogP contribution >= 0.6 is 0 Å². The quantitative estimate of drug-likeness (QED) is 0.742. The molecule has 2 nitrogen and oxygen atoms in total. The summed E-state index contributed by atoms with van der Waals surface area (Å²) in [4.78, 5) is 2.14. The lowest BCUT2D eigenvalue weighted by Crippen LogP contribution is -2.53. The van der Waals surface area contributed by atoms with Gasteiger partial charge in [0.2, 0.25) is 0 Å². The summed E-state index contributed by atoms with van der Waals surface area (Å²) in [5.41, 5.74) is 3.02. The van der Waals surface area contributed by atoms with Crippen LogP contribution in [0.15, 0.2) is 24.3 Å². The summed E-state index contributed by atoms with van der Waals surface area (Å²) >= 11 is 0. The zero-order chi connectivity index (χ0) is 15.9. The molecule has 1 aromatic rings. The van der Waals surface area contributed by atoms with Crippen LogP contribution in [0, 0.1) is 18.3 Å². The number of hydrogen-bond acceptors (Lipinski definition) is 2. The number of fused-ring (bicyclic) bond motifs is 4. The Morgan fingerprint density at radius 2 is 1.77 bits per heavy atom. The van der Waals surface area contributed by atoms with Gasteiger partial charge in [-0.2, -0.15) is 0 Å². The molecule has 1 aliphatic heterocycles. The topological polar surface area (TPSA) is 23.5 Å². The van der Waals surface area contributed by atoms with Crippen LogP contribution in [0.4, 0.5) is 0 Å². The lowest BCUT2D eigenvalue weighted by molar-refractivity contribution is -0.00779. The van der Waals surface area contributed by atoms with E-state index >= 15 is 0 Å². The van der Waals surface area contributed by atoms with Crippen LogP contribution in [0.2, 0.25) is 0 Å². The lowest BCUT2D eigenvalue weighted by atomic mass is 9.56.